The van der Waals surface area contributed by atoms with Gasteiger partial charge >= 0.3 is 0 Å². The van der Waals surface area contributed by atoms with E-state index in [2.05, 4.69) is 60.7 Å². The highest BCUT2D eigenvalue weighted by atomic mass is 16.3. The minimum absolute atomic E-state index is 0.0832. The van der Waals surface area contributed by atoms with Crippen molar-refractivity contribution in [3.8, 4) is 0 Å². The molecule has 0 saturated carbocycles. The monoisotopic (exact) mass is 258 g/mol. The average molecular weight is 258 g/mol. The van der Waals surface area contributed by atoms with Crippen molar-refractivity contribution in [3.63, 3.8) is 0 Å². The van der Waals surface area contributed by atoms with Gasteiger partial charge in [0.05, 0.1) is 6.61 Å². The van der Waals surface area contributed by atoms with Crippen LogP contribution in [0.25, 0.3) is 32.3 Å². The van der Waals surface area contributed by atoms with Crippen LogP contribution in [0.3, 0.4) is 0 Å². The molecule has 0 unspecified atom stereocenters. The van der Waals surface area contributed by atoms with Gasteiger partial charge in [0.25, 0.3) is 0 Å². The van der Waals surface area contributed by atoms with Gasteiger partial charge in [0.15, 0.2) is 0 Å². The van der Waals surface area contributed by atoms with Crippen LogP contribution in [-0.2, 0) is 6.61 Å². The summed E-state index contributed by atoms with van der Waals surface area (Å²) in [6, 6.07) is 23.4. The van der Waals surface area contributed by atoms with Gasteiger partial charge in [-0.2, -0.15) is 0 Å². The first kappa shape index (κ1) is 11.4. The Morgan fingerprint density at radius 2 is 1.25 bits per heavy atom. The Bertz CT molecular complexity index is 938. The van der Waals surface area contributed by atoms with Gasteiger partial charge in [-0.25, -0.2) is 0 Å². The minimum atomic E-state index is 0.0832. The van der Waals surface area contributed by atoms with Crippen LogP contribution in [0.5, 0.6) is 0 Å². The lowest BCUT2D eigenvalue weighted by molar-refractivity contribution is 0.282. The van der Waals surface area contributed by atoms with Crippen molar-refractivity contribution in [2.45, 2.75) is 6.61 Å². The van der Waals surface area contributed by atoms with Crippen molar-refractivity contribution in [2.24, 2.45) is 0 Å². The highest BCUT2D eigenvalue weighted by Gasteiger charge is 2.03. The van der Waals surface area contributed by atoms with Gasteiger partial charge in [0, 0.05) is 0 Å². The van der Waals surface area contributed by atoms with E-state index < -0.39 is 0 Å². The molecule has 1 heteroatoms. The van der Waals surface area contributed by atoms with Gasteiger partial charge in [-0.05, 0) is 56.1 Å². The molecule has 0 saturated heterocycles. The molecule has 20 heavy (non-hydrogen) atoms. The molecule has 0 aliphatic heterocycles. The molecule has 0 aromatic heterocycles. The number of hydrogen-bond donors (Lipinski definition) is 1. The van der Waals surface area contributed by atoms with E-state index in [0.717, 1.165) is 5.56 Å². The molecule has 1 N–H and O–H groups in total. The number of benzene rings is 4. The first-order valence-corrected chi connectivity index (χ1v) is 6.80. The molecule has 0 aliphatic rings. The Morgan fingerprint density at radius 3 is 2.05 bits per heavy atom. The predicted molar refractivity (Wildman–Crippen MR) is 84.9 cm³/mol. The summed E-state index contributed by atoms with van der Waals surface area (Å²) in [5.74, 6) is 0. The fourth-order valence-electron chi connectivity index (χ4n) is 2.89. The van der Waals surface area contributed by atoms with Crippen LogP contribution in [0.2, 0.25) is 0 Å². The summed E-state index contributed by atoms with van der Waals surface area (Å²) in [5, 5.41) is 16.8. The third-order valence-electron chi connectivity index (χ3n) is 3.95. The predicted octanol–water partition coefficient (Wildman–Crippen LogP) is 4.64. The lowest BCUT2D eigenvalue weighted by Crippen LogP contribution is -1.84. The summed E-state index contributed by atoms with van der Waals surface area (Å²) in [4.78, 5) is 0. The van der Waals surface area contributed by atoms with Crippen LogP contribution in [0, 0.1) is 0 Å². The van der Waals surface area contributed by atoms with Crippen LogP contribution in [-0.4, -0.2) is 5.11 Å². The number of aliphatic hydroxyl groups is 1. The van der Waals surface area contributed by atoms with E-state index in [1.807, 2.05) is 6.07 Å². The normalized spacial score (nSPS) is 11.4. The molecule has 0 amide bonds. The smallest absolute Gasteiger partial charge is 0.0682 e. The topological polar surface area (TPSA) is 20.2 Å². The Balaban J connectivity index is 2.18. The Labute approximate surface area is 117 Å². The van der Waals surface area contributed by atoms with Crippen molar-refractivity contribution in [1.29, 1.82) is 0 Å². The fraction of sp³-hybridized carbons (Fsp3) is 0.0526. The Morgan fingerprint density at radius 1 is 0.600 bits per heavy atom. The van der Waals surface area contributed by atoms with E-state index in [0.29, 0.717) is 0 Å². The van der Waals surface area contributed by atoms with Crippen LogP contribution in [0.15, 0.2) is 66.7 Å². The maximum Gasteiger partial charge on any atom is 0.0682 e. The summed E-state index contributed by atoms with van der Waals surface area (Å²) >= 11 is 0. The highest BCUT2D eigenvalue weighted by Crippen LogP contribution is 2.30. The molecule has 0 fully saturated rings. The number of fused-ring (bicyclic) bond motifs is 4. The summed E-state index contributed by atoms with van der Waals surface area (Å²) in [5.41, 5.74) is 0.957. The van der Waals surface area contributed by atoms with Crippen molar-refractivity contribution in [2.75, 3.05) is 0 Å². The third-order valence-corrected chi connectivity index (χ3v) is 3.95. The number of hydrogen-bond acceptors (Lipinski definition) is 1. The van der Waals surface area contributed by atoms with Crippen LogP contribution < -0.4 is 0 Å². The standard InChI is InChI=1S/C19H14O/c20-12-13-5-6-14-7-8-17-10-15-3-1-2-4-16(15)11-19(17)18(14)9-13/h1-11,20H,12H2. The van der Waals surface area contributed by atoms with Crippen LogP contribution >= 0.6 is 0 Å². The van der Waals surface area contributed by atoms with Crippen molar-refractivity contribution < 1.29 is 5.11 Å². The largest absolute Gasteiger partial charge is 0.392 e. The van der Waals surface area contributed by atoms with Gasteiger partial charge < -0.3 is 5.11 Å². The fourth-order valence-corrected chi connectivity index (χ4v) is 2.89. The van der Waals surface area contributed by atoms with Gasteiger partial charge in [-0.15, -0.1) is 0 Å². The molecule has 4 aromatic rings. The van der Waals surface area contributed by atoms with Crippen LogP contribution in [0.4, 0.5) is 0 Å². The Hall–Kier alpha value is -2.38. The van der Waals surface area contributed by atoms with Crippen molar-refractivity contribution in [3.05, 3.63) is 72.3 Å². The molecule has 4 rings (SSSR count). The summed E-state index contributed by atoms with van der Waals surface area (Å²) in [6.45, 7) is 0.0832. The van der Waals surface area contributed by atoms with Gasteiger partial charge in [0.2, 0.25) is 0 Å². The second-order valence-corrected chi connectivity index (χ2v) is 5.20. The van der Waals surface area contributed by atoms with Gasteiger partial charge in [0.1, 0.15) is 0 Å². The first-order valence-electron chi connectivity index (χ1n) is 6.80. The summed E-state index contributed by atoms with van der Waals surface area (Å²) in [7, 11) is 0. The lowest BCUT2D eigenvalue weighted by atomic mass is 9.97. The zero-order valence-corrected chi connectivity index (χ0v) is 11.0. The van der Waals surface area contributed by atoms with Crippen LogP contribution in [0.1, 0.15) is 5.56 Å². The molecule has 0 bridgehead atoms. The van der Waals surface area contributed by atoms with E-state index in [4.69, 9.17) is 0 Å². The van der Waals surface area contributed by atoms with E-state index in [1.54, 1.807) is 0 Å². The maximum absolute atomic E-state index is 9.34. The molecule has 0 radical (unpaired) electrons. The molecule has 0 aliphatic carbocycles. The zero-order valence-electron chi connectivity index (χ0n) is 11.0. The molecule has 0 spiro atoms. The highest BCUT2D eigenvalue weighted by molar-refractivity contribution is 6.12. The van der Waals surface area contributed by atoms with E-state index >= 15 is 0 Å². The molecular weight excluding hydrogens is 244 g/mol. The summed E-state index contributed by atoms with van der Waals surface area (Å²) < 4.78 is 0. The zero-order chi connectivity index (χ0) is 13.5. The Kier molecular flexibility index (Phi) is 2.48. The average Bonchev–Trinajstić information content (AvgIpc) is 2.52. The minimum Gasteiger partial charge on any atom is -0.392 e. The summed E-state index contributed by atoms with van der Waals surface area (Å²) in [6.07, 6.45) is 0. The SMILES string of the molecule is OCc1ccc2ccc3cc4ccccc4cc3c2c1. The second-order valence-electron chi connectivity index (χ2n) is 5.20. The third kappa shape index (κ3) is 1.68. The molecule has 4 aromatic carbocycles. The number of rotatable bonds is 1. The van der Waals surface area contributed by atoms with E-state index in [-0.39, 0.29) is 6.61 Å². The van der Waals surface area contributed by atoms with Crippen molar-refractivity contribution >= 4 is 32.3 Å². The van der Waals surface area contributed by atoms with Gasteiger partial charge in [-0.1, -0.05) is 48.5 Å². The van der Waals surface area contributed by atoms with E-state index in [9.17, 15) is 5.11 Å². The number of aliphatic hydroxyl groups excluding tert-OH is 1. The first-order chi connectivity index (χ1) is 9.85. The molecule has 96 valence electrons. The second kappa shape index (κ2) is 4.32. The maximum atomic E-state index is 9.34. The van der Waals surface area contributed by atoms with E-state index in [1.165, 1.54) is 32.3 Å². The van der Waals surface area contributed by atoms with Gasteiger partial charge in [-0.3, -0.25) is 0 Å². The molecule has 1 nitrogen and oxygen atoms in total. The molecule has 0 heterocycles. The quantitative estimate of drug-likeness (QED) is 0.389. The molecule has 0 atom stereocenters. The lowest BCUT2D eigenvalue weighted by Gasteiger charge is -2.07. The van der Waals surface area contributed by atoms with Crippen molar-refractivity contribution in [1.82, 2.24) is 0 Å². The molecular formula is C19H14O.